The zero-order chi connectivity index (χ0) is 14.4. The van der Waals surface area contributed by atoms with Crippen molar-refractivity contribution in [3.8, 4) is 5.75 Å². The molecular formula is C12H15ClN2O4. The minimum atomic E-state index is -1.08. The van der Waals surface area contributed by atoms with Crippen molar-refractivity contribution in [3.05, 3.63) is 28.8 Å². The maximum atomic E-state index is 11.6. The molecule has 0 radical (unpaired) electrons. The Morgan fingerprint density at radius 2 is 2.16 bits per heavy atom. The number of aliphatic carboxylic acids is 1. The Morgan fingerprint density at radius 1 is 1.47 bits per heavy atom. The van der Waals surface area contributed by atoms with Crippen molar-refractivity contribution in [3.63, 3.8) is 0 Å². The number of ether oxygens (including phenoxy) is 1. The number of urea groups is 1. The Kier molecular flexibility index (Phi) is 5.44. The number of hydrogen-bond donors (Lipinski definition) is 2. The van der Waals surface area contributed by atoms with Gasteiger partial charge >= 0.3 is 12.0 Å². The molecule has 1 rings (SSSR count). The maximum Gasteiger partial charge on any atom is 0.323 e. The van der Waals surface area contributed by atoms with Crippen LogP contribution >= 0.6 is 11.6 Å². The Morgan fingerprint density at radius 3 is 2.74 bits per heavy atom. The number of likely N-dealkylation sites (N-methyl/N-ethyl adjacent to an activating group) is 1. The maximum absolute atomic E-state index is 11.6. The van der Waals surface area contributed by atoms with E-state index < -0.39 is 12.0 Å². The van der Waals surface area contributed by atoms with Crippen molar-refractivity contribution in [2.24, 2.45) is 0 Å². The molecule has 0 heterocycles. The first-order valence-electron chi connectivity index (χ1n) is 5.47. The number of carboxylic acid groups (broad SMARTS) is 1. The number of halogens is 1. The molecule has 0 saturated carbocycles. The van der Waals surface area contributed by atoms with Gasteiger partial charge in [0.1, 0.15) is 12.3 Å². The second-order valence-corrected chi connectivity index (χ2v) is 4.24. The molecular weight excluding hydrogens is 272 g/mol. The summed E-state index contributed by atoms with van der Waals surface area (Å²) >= 11 is 6.02. The van der Waals surface area contributed by atoms with Gasteiger partial charge in [-0.15, -0.1) is 0 Å². The fourth-order valence-electron chi connectivity index (χ4n) is 1.48. The number of carboxylic acids is 1. The van der Waals surface area contributed by atoms with Crippen LogP contribution in [0.15, 0.2) is 18.2 Å². The topological polar surface area (TPSA) is 78.9 Å². The molecule has 19 heavy (non-hydrogen) atoms. The number of amides is 2. The number of carbonyl (C=O) groups is 2. The van der Waals surface area contributed by atoms with E-state index in [0.717, 1.165) is 4.90 Å². The smallest absolute Gasteiger partial charge is 0.323 e. The highest BCUT2D eigenvalue weighted by molar-refractivity contribution is 6.31. The highest BCUT2D eigenvalue weighted by Gasteiger charge is 2.13. The van der Waals surface area contributed by atoms with E-state index in [1.165, 1.54) is 14.2 Å². The molecule has 0 unspecified atom stereocenters. The Balaban J connectivity index is 2.67. The minimum absolute atomic E-state index is 0.158. The highest BCUT2D eigenvalue weighted by Crippen LogP contribution is 2.25. The number of methoxy groups -OCH3 is 1. The number of hydrogen-bond acceptors (Lipinski definition) is 3. The number of carbonyl (C=O) groups excluding carboxylic acids is 1. The molecule has 7 heteroatoms. The van der Waals surface area contributed by atoms with Crippen LogP contribution in [-0.4, -0.2) is 42.7 Å². The first kappa shape index (κ1) is 15.1. The number of rotatable bonds is 5. The third kappa shape index (κ3) is 4.33. The lowest BCUT2D eigenvalue weighted by Crippen LogP contribution is -2.39. The van der Waals surface area contributed by atoms with E-state index in [1.807, 2.05) is 0 Å². The molecule has 104 valence electrons. The molecule has 2 N–H and O–H groups in total. The van der Waals surface area contributed by atoms with Crippen LogP contribution in [0.25, 0.3) is 0 Å². The summed E-state index contributed by atoms with van der Waals surface area (Å²) in [5, 5.41) is 11.6. The molecule has 2 amide bonds. The molecule has 0 spiro atoms. The summed E-state index contributed by atoms with van der Waals surface area (Å²) in [4.78, 5) is 23.2. The van der Waals surface area contributed by atoms with Gasteiger partial charge in [-0.1, -0.05) is 17.7 Å². The van der Waals surface area contributed by atoms with E-state index in [4.69, 9.17) is 21.4 Å². The summed E-state index contributed by atoms with van der Waals surface area (Å²) in [7, 11) is 2.90. The molecule has 0 aliphatic carbocycles. The van der Waals surface area contributed by atoms with Crippen molar-refractivity contribution in [2.45, 2.75) is 6.54 Å². The van der Waals surface area contributed by atoms with Gasteiger partial charge in [0.25, 0.3) is 0 Å². The van der Waals surface area contributed by atoms with Gasteiger partial charge in [0, 0.05) is 24.2 Å². The van der Waals surface area contributed by atoms with Crippen molar-refractivity contribution in [1.82, 2.24) is 10.2 Å². The summed E-state index contributed by atoms with van der Waals surface area (Å²) in [5.41, 5.74) is 0.642. The van der Waals surface area contributed by atoms with E-state index in [1.54, 1.807) is 18.2 Å². The van der Waals surface area contributed by atoms with Crippen molar-refractivity contribution >= 4 is 23.6 Å². The second kappa shape index (κ2) is 6.84. The quantitative estimate of drug-likeness (QED) is 0.861. The summed E-state index contributed by atoms with van der Waals surface area (Å²) in [6, 6.07) is 4.66. The van der Waals surface area contributed by atoms with Crippen LogP contribution in [0.2, 0.25) is 5.02 Å². The lowest BCUT2D eigenvalue weighted by atomic mass is 10.2. The van der Waals surface area contributed by atoms with Crippen LogP contribution in [0.4, 0.5) is 4.79 Å². The van der Waals surface area contributed by atoms with Crippen molar-refractivity contribution < 1.29 is 19.4 Å². The average Bonchev–Trinajstić information content (AvgIpc) is 2.35. The van der Waals surface area contributed by atoms with Gasteiger partial charge in [-0.2, -0.15) is 0 Å². The molecule has 0 atom stereocenters. The molecule has 1 aromatic rings. The number of nitrogens with one attached hydrogen (secondary N) is 1. The SMILES string of the molecule is COc1cccc(Cl)c1CNC(=O)N(C)CC(=O)O. The predicted octanol–water partition coefficient (Wildman–Crippen LogP) is 1.57. The van der Waals surface area contributed by atoms with Gasteiger partial charge in [-0.3, -0.25) is 4.79 Å². The van der Waals surface area contributed by atoms with E-state index in [-0.39, 0.29) is 13.1 Å². The van der Waals surface area contributed by atoms with Crippen LogP contribution in [0.5, 0.6) is 5.75 Å². The zero-order valence-corrected chi connectivity index (χ0v) is 11.4. The van der Waals surface area contributed by atoms with Gasteiger partial charge in [-0.05, 0) is 12.1 Å². The summed E-state index contributed by atoms with van der Waals surface area (Å²) in [6.07, 6.45) is 0. The molecule has 0 saturated heterocycles. The minimum Gasteiger partial charge on any atom is -0.496 e. The van der Waals surface area contributed by atoms with Gasteiger partial charge < -0.3 is 20.1 Å². The third-order valence-electron chi connectivity index (χ3n) is 2.43. The van der Waals surface area contributed by atoms with Gasteiger partial charge in [0.15, 0.2) is 0 Å². The largest absolute Gasteiger partial charge is 0.496 e. The number of nitrogens with zero attached hydrogens (tertiary/aromatic N) is 1. The lowest BCUT2D eigenvalue weighted by Gasteiger charge is -2.17. The molecule has 1 aromatic carbocycles. The predicted molar refractivity (Wildman–Crippen MR) is 70.5 cm³/mol. The summed E-state index contributed by atoms with van der Waals surface area (Å²) in [6.45, 7) is -0.211. The van der Waals surface area contributed by atoms with Crippen LogP contribution in [0, 0.1) is 0 Å². The number of benzene rings is 1. The van der Waals surface area contributed by atoms with E-state index in [2.05, 4.69) is 5.32 Å². The third-order valence-corrected chi connectivity index (χ3v) is 2.79. The molecule has 0 aliphatic heterocycles. The highest BCUT2D eigenvalue weighted by atomic mass is 35.5. The second-order valence-electron chi connectivity index (χ2n) is 3.83. The first-order valence-corrected chi connectivity index (χ1v) is 5.85. The lowest BCUT2D eigenvalue weighted by molar-refractivity contribution is -0.137. The van der Waals surface area contributed by atoms with E-state index in [9.17, 15) is 9.59 Å². The molecule has 6 nitrogen and oxygen atoms in total. The van der Waals surface area contributed by atoms with Crippen LogP contribution in [-0.2, 0) is 11.3 Å². The summed E-state index contributed by atoms with van der Waals surface area (Å²) < 4.78 is 5.14. The van der Waals surface area contributed by atoms with Crippen LogP contribution < -0.4 is 10.1 Å². The Bertz CT molecular complexity index is 479. The van der Waals surface area contributed by atoms with E-state index >= 15 is 0 Å². The fraction of sp³-hybridized carbons (Fsp3) is 0.333. The molecule has 0 aromatic heterocycles. The summed E-state index contributed by atoms with van der Waals surface area (Å²) in [5.74, 6) is -0.512. The van der Waals surface area contributed by atoms with Crippen molar-refractivity contribution in [1.29, 1.82) is 0 Å². The normalized spacial score (nSPS) is 9.84. The standard InChI is InChI=1S/C12H15ClN2O4/c1-15(7-11(16)17)12(18)14-6-8-9(13)4-3-5-10(8)19-2/h3-5H,6-7H2,1-2H3,(H,14,18)(H,16,17). The van der Waals surface area contributed by atoms with E-state index in [0.29, 0.717) is 16.3 Å². The fourth-order valence-corrected chi connectivity index (χ4v) is 1.71. The Hall–Kier alpha value is -1.95. The van der Waals surface area contributed by atoms with Crippen molar-refractivity contribution in [2.75, 3.05) is 20.7 Å². The first-order chi connectivity index (χ1) is 8.95. The zero-order valence-electron chi connectivity index (χ0n) is 10.6. The average molecular weight is 287 g/mol. The van der Waals surface area contributed by atoms with Gasteiger partial charge in [0.2, 0.25) is 0 Å². The molecule has 0 bridgehead atoms. The van der Waals surface area contributed by atoms with Crippen LogP contribution in [0.1, 0.15) is 5.56 Å². The van der Waals surface area contributed by atoms with Gasteiger partial charge in [-0.25, -0.2) is 4.79 Å². The molecule has 0 fully saturated rings. The molecule has 0 aliphatic rings. The Labute approximate surface area is 115 Å². The van der Waals surface area contributed by atoms with Crippen LogP contribution in [0.3, 0.4) is 0 Å². The van der Waals surface area contributed by atoms with Gasteiger partial charge in [0.05, 0.1) is 7.11 Å². The monoisotopic (exact) mass is 286 g/mol.